The number of methoxy groups -OCH3 is 1. The third-order valence-corrected chi connectivity index (χ3v) is 8.47. The molecule has 3 aromatic rings. The van der Waals surface area contributed by atoms with Crippen LogP contribution in [0.1, 0.15) is 64.7 Å². The van der Waals surface area contributed by atoms with E-state index in [9.17, 15) is 19.2 Å². The maximum atomic E-state index is 12.0. The van der Waals surface area contributed by atoms with Crippen LogP contribution in [0.5, 0.6) is 5.75 Å². The van der Waals surface area contributed by atoms with Crippen LogP contribution in [-0.4, -0.2) is 60.0 Å². The highest BCUT2D eigenvalue weighted by Crippen LogP contribution is 2.40. The fourth-order valence-electron chi connectivity index (χ4n) is 5.39. The number of amides is 3. The van der Waals surface area contributed by atoms with E-state index in [0.717, 1.165) is 49.1 Å². The van der Waals surface area contributed by atoms with Crippen molar-refractivity contribution < 1.29 is 24.0 Å². The van der Waals surface area contributed by atoms with Gasteiger partial charge in [0.15, 0.2) is 5.43 Å². The number of carbonyl (C=O) groups is 3. The number of primary amides is 1. The fraction of sp³-hybridized carbons (Fsp3) is 0.459. The van der Waals surface area contributed by atoms with Crippen LogP contribution in [0, 0.1) is 11.8 Å². The number of para-hydroxylation sites is 1. The second-order valence-electron chi connectivity index (χ2n) is 12.3. The zero-order valence-electron chi connectivity index (χ0n) is 28.0. The lowest BCUT2D eigenvalue weighted by Crippen LogP contribution is -2.45. The SMILES string of the molecule is CCCCC/C=C\C1CC1C(=O)NOC1CC1.COc1ccc2c(=O)cc[nH]c2c1.NC(=O)C1CCCN1C(=O)CNc1ccccc1. The van der Waals surface area contributed by atoms with Crippen LogP contribution in [0.4, 0.5) is 5.69 Å². The first-order chi connectivity index (χ1) is 23.3. The first-order valence-electron chi connectivity index (χ1n) is 17.0. The number of aromatic amines is 1. The van der Waals surface area contributed by atoms with Gasteiger partial charge in [-0.25, -0.2) is 5.48 Å². The number of rotatable bonds is 13. The third-order valence-electron chi connectivity index (χ3n) is 8.47. The maximum Gasteiger partial charge on any atom is 0.247 e. The number of allylic oxidation sites excluding steroid dienone is 2. The predicted octanol–water partition coefficient (Wildman–Crippen LogP) is 5.08. The number of nitrogens with two attached hydrogens (primary N) is 1. The topological polar surface area (TPSA) is 156 Å². The molecule has 1 aromatic heterocycles. The summed E-state index contributed by atoms with van der Waals surface area (Å²) in [6.07, 6.45) is 16.0. The fourth-order valence-corrected chi connectivity index (χ4v) is 5.39. The number of anilines is 1. The Morgan fingerprint density at radius 3 is 2.56 bits per heavy atom. The van der Waals surface area contributed by atoms with Gasteiger partial charge in [-0.2, -0.15) is 0 Å². The molecule has 0 bridgehead atoms. The Hall–Kier alpha value is -4.64. The quantitative estimate of drug-likeness (QED) is 0.113. The minimum Gasteiger partial charge on any atom is -0.497 e. The van der Waals surface area contributed by atoms with Crippen molar-refractivity contribution in [2.75, 3.05) is 25.5 Å². The molecule has 5 N–H and O–H groups in total. The van der Waals surface area contributed by atoms with E-state index in [2.05, 4.69) is 34.9 Å². The van der Waals surface area contributed by atoms with Crippen molar-refractivity contribution in [3.63, 3.8) is 0 Å². The van der Waals surface area contributed by atoms with E-state index in [0.29, 0.717) is 30.4 Å². The van der Waals surface area contributed by atoms with E-state index in [-0.39, 0.29) is 29.7 Å². The van der Waals surface area contributed by atoms with Gasteiger partial charge in [-0.05, 0) is 75.1 Å². The number of aromatic nitrogens is 1. The van der Waals surface area contributed by atoms with Crippen molar-refractivity contribution in [2.24, 2.45) is 17.6 Å². The van der Waals surface area contributed by atoms with E-state index in [1.165, 1.54) is 25.3 Å². The standard InChI is InChI=1S/C14H23NO2.C13H17N3O2.C10H9NO2/c1-2-3-4-5-6-7-11-10-13(11)14(16)15-17-12-8-9-12;14-13(18)11-7-4-8-16(11)12(17)9-15-10-5-2-1-3-6-10;1-13-7-2-3-8-9(6-7)11-5-4-10(8)12/h6-7,11-13H,2-5,8-10H2,1H3,(H,15,16);1-3,5-6,11,15H,4,7-9H2,(H2,14,18);2-6H,1H3,(H,11,12)/b7-6-;;. The van der Waals surface area contributed by atoms with Gasteiger partial charge in [0.1, 0.15) is 11.8 Å². The second kappa shape index (κ2) is 18.6. The Morgan fingerprint density at radius 2 is 1.85 bits per heavy atom. The summed E-state index contributed by atoms with van der Waals surface area (Å²) in [5, 5.41) is 3.72. The molecule has 2 aliphatic carbocycles. The van der Waals surface area contributed by atoms with Crippen molar-refractivity contribution in [3.8, 4) is 5.75 Å². The summed E-state index contributed by atoms with van der Waals surface area (Å²) in [5.41, 5.74) is 9.57. The average Bonchev–Trinajstić information content (AvgIpc) is 4.04. The molecular weight excluding hydrogens is 610 g/mol. The highest BCUT2D eigenvalue weighted by Gasteiger charge is 2.41. The van der Waals surface area contributed by atoms with Gasteiger partial charge >= 0.3 is 0 Å². The molecule has 1 aliphatic heterocycles. The Labute approximate surface area is 282 Å². The molecule has 258 valence electrons. The number of H-pyrrole nitrogens is 1. The van der Waals surface area contributed by atoms with Crippen LogP contribution in [0.15, 0.2) is 77.7 Å². The van der Waals surface area contributed by atoms with Gasteiger partial charge in [0.05, 0.1) is 25.3 Å². The molecule has 3 amide bonds. The molecule has 2 heterocycles. The highest BCUT2D eigenvalue weighted by molar-refractivity contribution is 5.89. The number of hydrogen-bond donors (Lipinski definition) is 4. The highest BCUT2D eigenvalue weighted by atomic mass is 16.7. The van der Waals surface area contributed by atoms with Gasteiger partial charge < -0.3 is 25.7 Å². The Bertz CT molecular complexity index is 1570. The number of ether oxygens (including phenoxy) is 1. The van der Waals surface area contributed by atoms with Crippen molar-refractivity contribution >= 4 is 34.3 Å². The lowest BCUT2D eigenvalue weighted by Gasteiger charge is -2.22. The third kappa shape index (κ3) is 11.6. The van der Waals surface area contributed by atoms with E-state index < -0.39 is 11.9 Å². The van der Waals surface area contributed by atoms with E-state index in [1.54, 1.807) is 36.4 Å². The van der Waals surface area contributed by atoms with E-state index in [1.807, 2.05) is 30.3 Å². The largest absolute Gasteiger partial charge is 0.497 e. The number of benzene rings is 2. The minimum absolute atomic E-state index is 0.0244. The molecule has 48 heavy (non-hydrogen) atoms. The molecule has 0 spiro atoms. The van der Waals surface area contributed by atoms with Crippen molar-refractivity contribution in [1.82, 2.24) is 15.4 Å². The van der Waals surface area contributed by atoms with Crippen LogP contribution in [0.3, 0.4) is 0 Å². The molecule has 0 radical (unpaired) electrons. The first-order valence-corrected chi connectivity index (χ1v) is 17.0. The minimum atomic E-state index is -0.435. The summed E-state index contributed by atoms with van der Waals surface area (Å²) in [6, 6.07) is 15.9. The predicted molar refractivity (Wildman–Crippen MR) is 187 cm³/mol. The number of pyridine rings is 1. The van der Waals surface area contributed by atoms with Crippen LogP contribution in [-0.2, 0) is 19.2 Å². The zero-order valence-corrected chi connectivity index (χ0v) is 28.0. The van der Waals surface area contributed by atoms with Crippen LogP contribution in [0.2, 0.25) is 0 Å². The van der Waals surface area contributed by atoms with Gasteiger partial charge in [0.25, 0.3) is 0 Å². The van der Waals surface area contributed by atoms with Gasteiger partial charge in [-0.1, -0.05) is 50.1 Å². The van der Waals surface area contributed by atoms with Crippen LogP contribution in [0.25, 0.3) is 10.9 Å². The zero-order chi connectivity index (χ0) is 34.3. The summed E-state index contributed by atoms with van der Waals surface area (Å²) in [4.78, 5) is 55.9. The molecule has 1 saturated heterocycles. The van der Waals surface area contributed by atoms with Gasteiger partial charge in [-0.15, -0.1) is 0 Å². The number of unbranched alkanes of at least 4 members (excludes halogenated alkanes) is 3. The Balaban J connectivity index is 0.000000165. The smallest absolute Gasteiger partial charge is 0.247 e. The summed E-state index contributed by atoms with van der Waals surface area (Å²) in [5.74, 6) is 0.936. The Kier molecular flexibility index (Phi) is 14.1. The molecule has 2 aromatic carbocycles. The van der Waals surface area contributed by atoms with Crippen molar-refractivity contribution in [3.05, 3.63) is 83.2 Å². The molecule has 2 saturated carbocycles. The lowest BCUT2D eigenvalue weighted by atomic mass is 10.2. The van der Waals surface area contributed by atoms with E-state index >= 15 is 0 Å². The number of hydrogen-bond acceptors (Lipinski definition) is 7. The summed E-state index contributed by atoms with van der Waals surface area (Å²) >= 11 is 0. The molecule has 3 atom stereocenters. The molecule has 3 unspecified atom stereocenters. The summed E-state index contributed by atoms with van der Waals surface area (Å²) < 4.78 is 5.04. The van der Waals surface area contributed by atoms with Crippen LogP contribution >= 0.6 is 0 Å². The lowest BCUT2D eigenvalue weighted by molar-refractivity contribution is -0.136. The monoisotopic (exact) mass is 659 g/mol. The number of nitrogens with zero attached hydrogens (tertiary/aromatic N) is 1. The number of carbonyl (C=O) groups excluding carboxylic acids is 3. The van der Waals surface area contributed by atoms with Gasteiger partial charge in [0, 0.05) is 41.9 Å². The normalized spacial score (nSPS) is 19.5. The van der Waals surface area contributed by atoms with Crippen molar-refractivity contribution in [2.45, 2.75) is 76.9 Å². The number of likely N-dealkylation sites (tertiary alicyclic amines) is 1. The molecule has 3 fully saturated rings. The summed E-state index contributed by atoms with van der Waals surface area (Å²) in [6.45, 7) is 3.02. The van der Waals surface area contributed by atoms with Gasteiger partial charge in [-0.3, -0.25) is 24.0 Å². The molecule has 11 nitrogen and oxygen atoms in total. The molecule has 3 aliphatic rings. The first kappa shape index (κ1) is 36.2. The second-order valence-corrected chi connectivity index (χ2v) is 12.3. The number of hydroxylamine groups is 1. The summed E-state index contributed by atoms with van der Waals surface area (Å²) in [7, 11) is 1.60. The molecule has 6 rings (SSSR count). The molecular formula is C37H49N5O6. The van der Waals surface area contributed by atoms with E-state index in [4.69, 9.17) is 15.3 Å². The average molecular weight is 660 g/mol. The van der Waals surface area contributed by atoms with Gasteiger partial charge in [0.2, 0.25) is 17.7 Å². The maximum absolute atomic E-state index is 12.0. The van der Waals surface area contributed by atoms with Crippen LogP contribution < -0.4 is 26.7 Å². The number of fused-ring (bicyclic) bond motifs is 1. The number of nitrogens with one attached hydrogen (secondary N) is 3. The molecule has 11 heteroatoms. The van der Waals surface area contributed by atoms with Crippen molar-refractivity contribution in [1.29, 1.82) is 0 Å². The Morgan fingerprint density at radius 1 is 1.06 bits per heavy atom.